The standard InChI is InChI=1S/C14H19N3O/c1-10(2)8-16-14(18)9-17-7-6-11-12(15)4-3-5-13(11)17/h3-7,10H,8-9,15H2,1-2H3,(H,16,18). The third-order valence-electron chi connectivity index (χ3n) is 2.87. The lowest BCUT2D eigenvalue weighted by Gasteiger charge is -2.09. The van der Waals surface area contributed by atoms with E-state index >= 15 is 0 Å². The maximum atomic E-state index is 11.8. The van der Waals surface area contributed by atoms with E-state index in [0.29, 0.717) is 19.0 Å². The predicted octanol–water partition coefficient (Wildman–Crippen LogP) is 2.00. The van der Waals surface area contributed by atoms with Gasteiger partial charge < -0.3 is 15.6 Å². The summed E-state index contributed by atoms with van der Waals surface area (Å²) in [6.07, 6.45) is 1.90. The van der Waals surface area contributed by atoms with E-state index in [1.165, 1.54) is 0 Å². The molecule has 0 atom stereocenters. The zero-order valence-corrected chi connectivity index (χ0v) is 10.8. The lowest BCUT2D eigenvalue weighted by Crippen LogP contribution is -2.30. The van der Waals surface area contributed by atoms with E-state index in [1.54, 1.807) is 0 Å². The minimum absolute atomic E-state index is 0.0311. The molecule has 0 spiro atoms. The zero-order chi connectivity index (χ0) is 13.1. The van der Waals surface area contributed by atoms with Gasteiger partial charge in [-0.05, 0) is 24.1 Å². The van der Waals surface area contributed by atoms with Crippen LogP contribution in [0.15, 0.2) is 30.5 Å². The molecule has 0 radical (unpaired) electrons. The van der Waals surface area contributed by atoms with Gasteiger partial charge in [0.05, 0.1) is 5.52 Å². The number of hydrogen-bond donors (Lipinski definition) is 2. The average molecular weight is 245 g/mol. The van der Waals surface area contributed by atoms with E-state index in [4.69, 9.17) is 5.73 Å². The first kappa shape index (κ1) is 12.5. The van der Waals surface area contributed by atoms with Crippen molar-refractivity contribution in [3.05, 3.63) is 30.5 Å². The summed E-state index contributed by atoms with van der Waals surface area (Å²) in [4.78, 5) is 11.8. The van der Waals surface area contributed by atoms with Gasteiger partial charge in [0.1, 0.15) is 6.54 Å². The van der Waals surface area contributed by atoms with Crippen molar-refractivity contribution in [2.45, 2.75) is 20.4 Å². The first-order chi connectivity index (χ1) is 8.58. The summed E-state index contributed by atoms with van der Waals surface area (Å²) in [6.45, 7) is 5.19. The Labute approximate surface area is 107 Å². The first-order valence-electron chi connectivity index (χ1n) is 6.18. The Bertz CT molecular complexity index is 557. The summed E-state index contributed by atoms with van der Waals surface area (Å²) in [6, 6.07) is 7.69. The monoisotopic (exact) mass is 245 g/mol. The number of anilines is 1. The largest absolute Gasteiger partial charge is 0.398 e. The van der Waals surface area contributed by atoms with Gasteiger partial charge >= 0.3 is 0 Å². The number of nitrogens with two attached hydrogens (primary N) is 1. The molecule has 18 heavy (non-hydrogen) atoms. The van der Waals surface area contributed by atoms with Crippen molar-refractivity contribution in [1.29, 1.82) is 0 Å². The quantitative estimate of drug-likeness (QED) is 0.809. The number of rotatable bonds is 4. The molecule has 0 unspecified atom stereocenters. The van der Waals surface area contributed by atoms with Crippen LogP contribution in [0.4, 0.5) is 5.69 Å². The highest BCUT2D eigenvalue weighted by atomic mass is 16.1. The molecular weight excluding hydrogens is 226 g/mol. The van der Waals surface area contributed by atoms with Crippen LogP contribution in [0.3, 0.4) is 0 Å². The highest BCUT2D eigenvalue weighted by Gasteiger charge is 2.07. The van der Waals surface area contributed by atoms with Crippen molar-refractivity contribution in [1.82, 2.24) is 9.88 Å². The number of carbonyl (C=O) groups is 1. The normalized spacial score (nSPS) is 11.1. The van der Waals surface area contributed by atoms with Gasteiger partial charge in [-0.1, -0.05) is 19.9 Å². The molecule has 3 N–H and O–H groups in total. The van der Waals surface area contributed by atoms with Crippen molar-refractivity contribution in [2.75, 3.05) is 12.3 Å². The lowest BCUT2D eigenvalue weighted by molar-refractivity contribution is -0.121. The summed E-state index contributed by atoms with van der Waals surface area (Å²) in [5, 5.41) is 3.90. The van der Waals surface area contributed by atoms with E-state index < -0.39 is 0 Å². The molecular formula is C14H19N3O. The SMILES string of the molecule is CC(C)CNC(=O)Cn1ccc2c(N)cccc21. The second-order valence-corrected chi connectivity index (χ2v) is 4.92. The van der Waals surface area contributed by atoms with Crippen molar-refractivity contribution in [2.24, 2.45) is 5.92 Å². The van der Waals surface area contributed by atoms with Crippen LogP contribution in [0, 0.1) is 5.92 Å². The summed E-state index contributed by atoms with van der Waals surface area (Å²) >= 11 is 0. The molecule has 96 valence electrons. The fourth-order valence-corrected chi connectivity index (χ4v) is 1.91. The second-order valence-electron chi connectivity index (χ2n) is 4.92. The molecule has 0 aliphatic carbocycles. The number of nitrogens with zero attached hydrogens (tertiary/aromatic N) is 1. The molecule has 2 rings (SSSR count). The van der Waals surface area contributed by atoms with E-state index in [9.17, 15) is 4.79 Å². The van der Waals surface area contributed by atoms with Gasteiger partial charge in [0.15, 0.2) is 0 Å². The number of nitrogens with one attached hydrogen (secondary N) is 1. The van der Waals surface area contributed by atoms with Crippen LogP contribution in [0.25, 0.3) is 10.9 Å². The van der Waals surface area contributed by atoms with E-state index in [1.807, 2.05) is 35.0 Å². The first-order valence-corrected chi connectivity index (χ1v) is 6.18. The number of hydrogen-bond acceptors (Lipinski definition) is 2. The smallest absolute Gasteiger partial charge is 0.239 e. The molecule has 4 heteroatoms. The van der Waals surface area contributed by atoms with Crippen LogP contribution in [-0.2, 0) is 11.3 Å². The van der Waals surface area contributed by atoms with Crippen LogP contribution in [0.1, 0.15) is 13.8 Å². The molecule has 1 aromatic carbocycles. The van der Waals surface area contributed by atoms with Crippen molar-refractivity contribution >= 4 is 22.5 Å². The van der Waals surface area contributed by atoms with E-state index in [2.05, 4.69) is 19.2 Å². The second kappa shape index (κ2) is 5.12. The number of fused-ring (bicyclic) bond motifs is 1. The maximum absolute atomic E-state index is 11.8. The third-order valence-corrected chi connectivity index (χ3v) is 2.87. The Morgan fingerprint density at radius 1 is 1.39 bits per heavy atom. The molecule has 0 saturated heterocycles. The molecule has 2 aromatic rings. The van der Waals surface area contributed by atoms with Gasteiger partial charge in [-0.15, -0.1) is 0 Å². The molecule has 1 heterocycles. The van der Waals surface area contributed by atoms with Crippen molar-refractivity contribution in [3.63, 3.8) is 0 Å². The molecule has 0 aliphatic rings. The zero-order valence-electron chi connectivity index (χ0n) is 10.8. The number of aromatic nitrogens is 1. The highest BCUT2D eigenvalue weighted by Crippen LogP contribution is 2.21. The fourth-order valence-electron chi connectivity index (χ4n) is 1.91. The Balaban J connectivity index is 2.12. The summed E-state index contributed by atoms with van der Waals surface area (Å²) in [5.74, 6) is 0.495. The molecule has 1 aromatic heterocycles. The average Bonchev–Trinajstić information content (AvgIpc) is 2.72. The Morgan fingerprint density at radius 2 is 2.17 bits per heavy atom. The summed E-state index contributed by atoms with van der Waals surface area (Å²) in [7, 11) is 0. The Hall–Kier alpha value is -1.97. The molecule has 0 aliphatic heterocycles. The summed E-state index contributed by atoms with van der Waals surface area (Å²) < 4.78 is 1.92. The molecule has 1 amide bonds. The molecule has 4 nitrogen and oxygen atoms in total. The van der Waals surface area contributed by atoms with Crippen LogP contribution < -0.4 is 11.1 Å². The van der Waals surface area contributed by atoms with Gasteiger partial charge in [0.2, 0.25) is 5.91 Å². The third kappa shape index (κ3) is 2.64. The summed E-state index contributed by atoms with van der Waals surface area (Å²) in [5.41, 5.74) is 7.62. The fraction of sp³-hybridized carbons (Fsp3) is 0.357. The van der Waals surface area contributed by atoms with Gasteiger partial charge in [-0.2, -0.15) is 0 Å². The van der Waals surface area contributed by atoms with E-state index in [-0.39, 0.29) is 5.91 Å². The Kier molecular flexibility index (Phi) is 3.55. The lowest BCUT2D eigenvalue weighted by atomic mass is 10.2. The van der Waals surface area contributed by atoms with Crippen LogP contribution in [0.5, 0.6) is 0 Å². The minimum Gasteiger partial charge on any atom is -0.398 e. The Morgan fingerprint density at radius 3 is 2.89 bits per heavy atom. The van der Waals surface area contributed by atoms with Gasteiger partial charge in [0.25, 0.3) is 0 Å². The van der Waals surface area contributed by atoms with Crippen LogP contribution >= 0.6 is 0 Å². The topological polar surface area (TPSA) is 60.0 Å². The molecule has 0 saturated carbocycles. The van der Waals surface area contributed by atoms with E-state index in [0.717, 1.165) is 16.6 Å². The molecule has 0 fully saturated rings. The van der Waals surface area contributed by atoms with Crippen LogP contribution in [0.2, 0.25) is 0 Å². The van der Waals surface area contributed by atoms with Gasteiger partial charge in [0, 0.05) is 23.8 Å². The number of carbonyl (C=O) groups excluding carboxylic acids is 1. The number of benzene rings is 1. The molecule has 0 bridgehead atoms. The van der Waals surface area contributed by atoms with Crippen molar-refractivity contribution in [3.8, 4) is 0 Å². The maximum Gasteiger partial charge on any atom is 0.239 e. The van der Waals surface area contributed by atoms with Crippen LogP contribution in [-0.4, -0.2) is 17.0 Å². The minimum atomic E-state index is 0.0311. The highest BCUT2D eigenvalue weighted by molar-refractivity contribution is 5.92. The number of amides is 1. The number of nitrogen functional groups attached to an aromatic ring is 1. The van der Waals surface area contributed by atoms with Gasteiger partial charge in [-0.25, -0.2) is 0 Å². The van der Waals surface area contributed by atoms with Gasteiger partial charge in [-0.3, -0.25) is 4.79 Å². The van der Waals surface area contributed by atoms with Crippen molar-refractivity contribution < 1.29 is 4.79 Å². The predicted molar refractivity (Wildman–Crippen MR) is 74.2 cm³/mol.